The van der Waals surface area contributed by atoms with Gasteiger partial charge in [0.1, 0.15) is 5.75 Å². The number of rotatable bonds is 4. The number of hydrogen-bond acceptors (Lipinski definition) is 4. The van der Waals surface area contributed by atoms with Crippen molar-refractivity contribution in [1.29, 1.82) is 0 Å². The van der Waals surface area contributed by atoms with E-state index >= 15 is 0 Å². The molecule has 0 aliphatic carbocycles. The fourth-order valence-electron chi connectivity index (χ4n) is 2.75. The third kappa shape index (κ3) is 3.06. The second-order valence-corrected chi connectivity index (χ2v) is 6.59. The first-order valence-corrected chi connectivity index (χ1v) is 8.89. The van der Waals surface area contributed by atoms with Crippen LogP contribution in [0, 0.1) is 0 Å². The second kappa shape index (κ2) is 6.53. The molecular weight excluding hydrogens is 332 g/mol. The first-order valence-electron chi connectivity index (χ1n) is 8.07. The molecule has 124 valence electrons. The number of carbonyl (C=O) groups is 1. The third-order valence-electron chi connectivity index (χ3n) is 3.93. The van der Waals surface area contributed by atoms with Crippen molar-refractivity contribution in [2.75, 3.05) is 11.9 Å². The lowest BCUT2D eigenvalue weighted by atomic mass is 10.1. The quantitative estimate of drug-likeness (QED) is 0.558. The summed E-state index contributed by atoms with van der Waals surface area (Å²) in [5.74, 6) is 0.580. The summed E-state index contributed by atoms with van der Waals surface area (Å²) < 4.78 is 6.45. The number of nitrogens with one attached hydrogen (secondary N) is 1. The van der Waals surface area contributed by atoms with Crippen molar-refractivity contribution < 1.29 is 9.53 Å². The van der Waals surface area contributed by atoms with Gasteiger partial charge >= 0.3 is 0 Å². The van der Waals surface area contributed by atoms with Gasteiger partial charge in [-0.3, -0.25) is 10.1 Å². The van der Waals surface area contributed by atoms with Gasteiger partial charge in [0.2, 0.25) is 0 Å². The first-order chi connectivity index (χ1) is 12.2. The molecule has 0 fully saturated rings. The molecule has 0 radical (unpaired) electrons. The van der Waals surface area contributed by atoms with E-state index in [1.807, 2.05) is 25.1 Å². The van der Waals surface area contributed by atoms with E-state index < -0.39 is 0 Å². The Kier molecular flexibility index (Phi) is 4.07. The monoisotopic (exact) mass is 348 g/mol. The van der Waals surface area contributed by atoms with E-state index in [0.29, 0.717) is 17.3 Å². The molecule has 0 saturated carbocycles. The average molecular weight is 348 g/mol. The number of fused-ring (bicyclic) bond motifs is 3. The van der Waals surface area contributed by atoms with Gasteiger partial charge in [0.15, 0.2) is 5.13 Å². The summed E-state index contributed by atoms with van der Waals surface area (Å²) in [6.07, 6.45) is 0. The van der Waals surface area contributed by atoms with Crippen molar-refractivity contribution >= 4 is 43.4 Å². The first kappa shape index (κ1) is 15.6. The summed E-state index contributed by atoms with van der Waals surface area (Å²) in [5, 5.41) is 5.73. The molecule has 1 N–H and O–H groups in total. The summed E-state index contributed by atoms with van der Waals surface area (Å²) in [4.78, 5) is 17.1. The Morgan fingerprint density at radius 3 is 2.68 bits per heavy atom. The number of nitrogens with zero attached hydrogens (tertiary/aromatic N) is 1. The van der Waals surface area contributed by atoms with Gasteiger partial charge in [0.25, 0.3) is 5.91 Å². The summed E-state index contributed by atoms with van der Waals surface area (Å²) in [6.45, 7) is 2.53. The van der Waals surface area contributed by atoms with Crippen molar-refractivity contribution in [3.05, 3.63) is 66.2 Å². The highest BCUT2D eigenvalue weighted by Crippen LogP contribution is 2.31. The van der Waals surface area contributed by atoms with Crippen molar-refractivity contribution in [3.8, 4) is 5.75 Å². The van der Waals surface area contributed by atoms with Crippen molar-refractivity contribution in [2.24, 2.45) is 0 Å². The predicted octanol–water partition coefficient (Wildman–Crippen LogP) is 5.10. The molecule has 0 atom stereocenters. The molecule has 0 spiro atoms. The van der Waals surface area contributed by atoms with Crippen LogP contribution in [0.3, 0.4) is 0 Å². The molecule has 0 aliphatic heterocycles. The lowest BCUT2D eigenvalue weighted by Gasteiger charge is -2.04. The summed E-state index contributed by atoms with van der Waals surface area (Å²) in [6, 6.07) is 19.3. The lowest BCUT2D eigenvalue weighted by molar-refractivity contribution is 0.102. The maximum atomic E-state index is 12.4. The van der Waals surface area contributed by atoms with Gasteiger partial charge in [-0.25, -0.2) is 4.98 Å². The Hall–Kier alpha value is -2.92. The molecule has 4 aromatic rings. The van der Waals surface area contributed by atoms with Gasteiger partial charge in [-0.2, -0.15) is 0 Å². The van der Waals surface area contributed by atoms with Crippen LogP contribution >= 0.6 is 11.3 Å². The van der Waals surface area contributed by atoms with Gasteiger partial charge in [0, 0.05) is 10.9 Å². The number of carbonyl (C=O) groups excluding carboxylic acids is 1. The molecular formula is C20H16N2O2S. The molecule has 0 bridgehead atoms. The maximum Gasteiger partial charge on any atom is 0.257 e. The average Bonchev–Trinajstić information content (AvgIpc) is 3.05. The molecule has 0 aliphatic rings. The number of hydrogen-bond donors (Lipinski definition) is 1. The van der Waals surface area contributed by atoms with E-state index in [0.717, 1.165) is 26.7 Å². The van der Waals surface area contributed by atoms with Crippen LogP contribution in [0.5, 0.6) is 5.75 Å². The van der Waals surface area contributed by atoms with E-state index in [2.05, 4.69) is 28.5 Å². The number of anilines is 1. The van der Waals surface area contributed by atoms with Crippen LogP contribution in [-0.4, -0.2) is 17.5 Å². The number of benzene rings is 3. The third-order valence-corrected chi connectivity index (χ3v) is 4.87. The molecule has 4 nitrogen and oxygen atoms in total. The summed E-state index contributed by atoms with van der Waals surface area (Å²) in [7, 11) is 0. The number of amides is 1. The summed E-state index contributed by atoms with van der Waals surface area (Å²) >= 11 is 1.48. The Labute approximate surface area is 149 Å². The lowest BCUT2D eigenvalue weighted by Crippen LogP contribution is -2.11. The Balaban J connectivity index is 1.61. The van der Waals surface area contributed by atoms with E-state index in [-0.39, 0.29) is 5.91 Å². The zero-order valence-corrected chi connectivity index (χ0v) is 14.5. The Morgan fingerprint density at radius 2 is 1.88 bits per heavy atom. The molecule has 1 amide bonds. The van der Waals surface area contributed by atoms with Gasteiger partial charge in [-0.1, -0.05) is 41.7 Å². The zero-order valence-electron chi connectivity index (χ0n) is 13.7. The molecule has 1 heterocycles. The van der Waals surface area contributed by atoms with E-state index in [9.17, 15) is 4.79 Å². The van der Waals surface area contributed by atoms with Crippen molar-refractivity contribution in [2.45, 2.75) is 6.92 Å². The molecule has 0 unspecified atom stereocenters. The van der Waals surface area contributed by atoms with Crippen LogP contribution < -0.4 is 10.1 Å². The predicted molar refractivity (Wildman–Crippen MR) is 103 cm³/mol. The highest BCUT2D eigenvalue weighted by molar-refractivity contribution is 7.22. The smallest absolute Gasteiger partial charge is 0.257 e. The van der Waals surface area contributed by atoms with Crippen LogP contribution in [0.1, 0.15) is 17.3 Å². The van der Waals surface area contributed by atoms with E-state index in [4.69, 9.17) is 4.74 Å². The second-order valence-electron chi connectivity index (χ2n) is 5.56. The van der Waals surface area contributed by atoms with Gasteiger partial charge in [-0.05, 0) is 42.6 Å². The standard InChI is InChI=1S/C20H16N2O2S/c1-2-24-15-10-7-14(8-11-15)19(23)22-20-21-18-16-6-4-3-5-13(16)9-12-17(18)25-20/h3-12H,2H2,1H3,(H,21,22,23). The maximum absolute atomic E-state index is 12.4. The molecule has 25 heavy (non-hydrogen) atoms. The fourth-order valence-corrected chi connectivity index (χ4v) is 3.63. The van der Waals surface area contributed by atoms with Crippen LogP contribution in [-0.2, 0) is 0 Å². The van der Waals surface area contributed by atoms with Gasteiger partial charge < -0.3 is 4.74 Å². The normalized spacial score (nSPS) is 10.9. The van der Waals surface area contributed by atoms with E-state index in [1.54, 1.807) is 24.3 Å². The van der Waals surface area contributed by atoms with Gasteiger partial charge in [0.05, 0.1) is 16.8 Å². The van der Waals surface area contributed by atoms with Crippen LogP contribution in [0.25, 0.3) is 21.0 Å². The van der Waals surface area contributed by atoms with Crippen LogP contribution in [0.2, 0.25) is 0 Å². The number of thiazole rings is 1. The van der Waals surface area contributed by atoms with Crippen molar-refractivity contribution in [3.63, 3.8) is 0 Å². The molecule has 4 rings (SSSR count). The van der Waals surface area contributed by atoms with Crippen molar-refractivity contribution in [1.82, 2.24) is 4.98 Å². The number of aromatic nitrogens is 1. The minimum atomic E-state index is -0.175. The van der Waals surface area contributed by atoms with Gasteiger partial charge in [-0.15, -0.1) is 0 Å². The minimum Gasteiger partial charge on any atom is -0.494 e. The minimum absolute atomic E-state index is 0.175. The fraction of sp³-hybridized carbons (Fsp3) is 0.100. The Morgan fingerprint density at radius 1 is 1.08 bits per heavy atom. The highest BCUT2D eigenvalue weighted by Gasteiger charge is 2.11. The molecule has 0 saturated heterocycles. The molecule has 3 aromatic carbocycles. The highest BCUT2D eigenvalue weighted by atomic mass is 32.1. The summed E-state index contributed by atoms with van der Waals surface area (Å²) in [5.41, 5.74) is 1.50. The van der Waals surface area contributed by atoms with Crippen LogP contribution in [0.4, 0.5) is 5.13 Å². The number of ether oxygens (including phenoxy) is 1. The van der Waals surface area contributed by atoms with E-state index in [1.165, 1.54) is 11.3 Å². The molecule has 1 aromatic heterocycles. The molecule has 5 heteroatoms. The SMILES string of the molecule is CCOc1ccc(C(=O)Nc2nc3c(ccc4ccccc43)s2)cc1. The largest absolute Gasteiger partial charge is 0.494 e. The van der Waals surface area contributed by atoms with Crippen LogP contribution in [0.15, 0.2) is 60.7 Å². The Bertz CT molecular complexity index is 1050. The topological polar surface area (TPSA) is 51.2 Å². The zero-order chi connectivity index (χ0) is 17.2.